The molecule has 0 saturated carbocycles. The minimum atomic E-state index is -1.29. The van der Waals surface area contributed by atoms with Crippen LogP contribution < -0.4 is 34.7 Å². The summed E-state index contributed by atoms with van der Waals surface area (Å²) in [4.78, 5) is 24.2. The summed E-state index contributed by atoms with van der Waals surface area (Å²) in [5.41, 5.74) is 1.82. The smallest absolute Gasteiger partial charge is 0.550 e. The summed E-state index contributed by atoms with van der Waals surface area (Å²) in [5, 5.41) is 12.0. The number of ketones is 1. The molecule has 1 saturated heterocycles. The Bertz CT molecular complexity index is 965. The van der Waals surface area contributed by atoms with Gasteiger partial charge in [-0.2, -0.15) is 0 Å². The maximum atomic E-state index is 12.6. The maximum Gasteiger partial charge on any atom is 1.00 e. The van der Waals surface area contributed by atoms with Crippen LogP contribution in [0.25, 0.3) is 6.08 Å². The van der Waals surface area contributed by atoms with E-state index < -0.39 is 17.7 Å². The van der Waals surface area contributed by atoms with E-state index in [-0.39, 0.29) is 63.6 Å². The van der Waals surface area contributed by atoms with E-state index in [2.05, 4.69) is 0 Å². The summed E-state index contributed by atoms with van der Waals surface area (Å²) in [6.45, 7) is 1.33. The van der Waals surface area contributed by atoms with Crippen LogP contribution in [0.4, 0.5) is 0 Å². The number of rotatable bonds is 9. The number of hydrogen-bond acceptors (Lipinski definition) is 5. The number of allylic oxidation sites excluding steroid dienone is 1. The first-order valence-electron chi connectivity index (χ1n) is 10.4. The molecule has 0 bridgehead atoms. The molecule has 0 radical (unpaired) electrons. The van der Waals surface area contributed by atoms with Crippen molar-refractivity contribution in [3.8, 4) is 0 Å². The van der Waals surface area contributed by atoms with Crippen molar-refractivity contribution >= 4 is 41.0 Å². The van der Waals surface area contributed by atoms with Gasteiger partial charge in [0.2, 0.25) is 0 Å². The van der Waals surface area contributed by atoms with Gasteiger partial charge in [-0.3, -0.25) is 4.79 Å². The van der Waals surface area contributed by atoms with Crippen molar-refractivity contribution in [1.29, 1.82) is 0 Å². The van der Waals surface area contributed by atoms with Crippen LogP contribution in [-0.4, -0.2) is 32.1 Å². The fourth-order valence-corrected chi connectivity index (χ4v) is 4.54. The predicted molar refractivity (Wildman–Crippen MR) is 123 cm³/mol. The Morgan fingerprint density at radius 1 is 1.12 bits per heavy atom. The van der Waals surface area contributed by atoms with Crippen LogP contribution in [0.2, 0.25) is 10.0 Å². The number of methoxy groups -OCH3 is 1. The Morgan fingerprint density at radius 3 is 2.27 bits per heavy atom. The molecule has 0 aromatic heterocycles. The molecule has 0 aliphatic carbocycles. The first kappa shape index (κ1) is 28.1. The third kappa shape index (κ3) is 7.15. The monoisotopic (exact) mass is 498 g/mol. The Hall–Kier alpha value is -1.18. The minimum Gasteiger partial charge on any atom is -0.550 e. The standard InChI is InChI=1S/C25H26Cl2O5.Na/c1-31-25(12-14-32-15-13-25)19-10-8-17(9-11-19)4-2-5-18(24(29)30)16-22(28)23-20(26)6-3-7-21(23)27;/h2-4,6-11,18H,5,12-16H2,1H3,(H,29,30);/q;+1/p-1/b4-2+;/t18-;/m1./s1. The Morgan fingerprint density at radius 2 is 1.73 bits per heavy atom. The topological polar surface area (TPSA) is 75.7 Å². The average molecular weight is 499 g/mol. The molecular formula is C25H25Cl2NaO5. The molecule has 5 nitrogen and oxygen atoms in total. The number of carboxylic acid groups (broad SMARTS) is 1. The maximum absolute atomic E-state index is 12.6. The van der Waals surface area contributed by atoms with Crippen LogP contribution in [0.1, 0.15) is 47.2 Å². The molecule has 33 heavy (non-hydrogen) atoms. The van der Waals surface area contributed by atoms with Crippen LogP contribution in [-0.2, 0) is 19.9 Å². The second-order valence-electron chi connectivity index (χ2n) is 7.81. The van der Waals surface area contributed by atoms with E-state index in [1.807, 2.05) is 30.3 Å². The molecule has 0 spiro atoms. The number of carbonyl (C=O) groups is 2. The SMILES string of the molecule is COC1(c2ccc(/C=C/C[C@H](CC(=O)c3c(Cl)cccc3Cl)C(=O)[O-])cc2)CCOCC1.[Na+]. The van der Waals surface area contributed by atoms with Crippen molar-refractivity contribution < 1.29 is 53.7 Å². The summed E-state index contributed by atoms with van der Waals surface area (Å²) >= 11 is 12.1. The molecule has 0 unspecified atom stereocenters. The predicted octanol–water partition coefficient (Wildman–Crippen LogP) is 1.69. The molecule has 3 rings (SSSR count). The quantitative estimate of drug-likeness (QED) is 0.388. The zero-order chi connectivity index (χ0) is 23.1. The van der Waals surface area contributed by atoms with Crippen molar-refractivity contribution in [1.82, 2.24) is 0 Å². The largest absolute Gasteiger partial charge is 1.00 e. The van der Waals surface area contributed by atoms with Gasteiger partial charge in [0, 0.05) is 51.5 Å². The number of hydrogen-bond donors (Lipinski definition) is 0. The van der Waals surface area contributed by atoms with E-state index in [9.17, 15) is 14.7 Å². The van der Waals surface area contributed by atoms with Crippen molar-refractivity contribution in [2.24, 2.45) is 5.92 Å². The zero-order valence-electron chi connectivity index (χ0n) is 18.8. The van der Waals surface area contributed by atoms with Gasteiger partial charge in [0.25, 0.3) is 0 Å². The van der Waals surface area contributed by atoms with Gasteiger partial charge in [-0.05, 0) is 29.7 Å². The Kier molecular flexibility index (Phi) is 11.1. The van der Waals surface area contributed by atoms with Crippen LogP contribution in [0, 0.1) is 5.92 Å². The molecular weight excluding hydrogens is 474 g/mol. The van der Waals surface area contributed by atoms with Gasteiger partial charge in [-0.25, -0.2) is 0 Å². The first-order chi connectivity index (χ1) is 15.4. The van der Waals surface area contributed by atoms with Crippen LogP contribution >= 0.6 is 23.2 Å². The van der Waals surface area contributed by atoms with Gasteiger partial charge in [0.15, 0.2) is 5.78 Å². The molecule has 2 aromatic carbocycles. The number of halogens is 2. The number of aliphatic carboxylic acids is 1. The molecule has 1 atom stereocenters. The minimum absolute atomic E-state index is 0. The second-order valence-corrected chi connectivity index (χ2v) is 8.63. The van der Waals surface area contributed by atoms with E-state index in [4.69, 9.17) is 32.7 Å². The number of Topliss-reactive ketones (excluding diaryl/α,β-unsaturated/α-hetero) is 1. The fourth-order valence-electron chi connectivity index (χ4n) is 3.93. The zero-order valence-corrected chi connectivity index (χ0v) is 22.3. The van der Waals surface area contributed by atoms with E-state index in [0.29, 0.717) is 13.2 Å². The normalized spacial score (nSPS) is 16.2. The molecule has 1 aliphatic rings. The van der Waals surface area contributed by atoms with E-state index in [1.165, 1.54) is 0 Å². The molecule has 2 aromatic rings. The van der Waals surface area contributed by atoms with E-state index in [0.717, 1.165) is 24.0 Å². The van der Waals surface area contributed by atoms with Crippen LogP contribution in [0.3, 0.4) is 0 Å². The molecule has 1 fully saturated rings. The van der Waals surface area contributed by atoms with Gasteiger partial charge in [0.1, 0.15) is 0 Å². The molecule has 0 N–H and O–H groups in total. The molecule has 0 amide bonds. The molecule has 1 aliphatic heterocycles. The molecule has 8 heteroatoms. The van der Waals surface area contributed by atoms with Gasteiger partial charge in [-0.15, -0.1) is 0 Å². The summed E-state index contributed by atoms with van der Waals surface area (Å²) in [7, 11) is 1.72. The summed E-state index contributed by atoms with van der Waals surface area (Å²) in [5.74, 6) is -2.69. The number of carbonyl (C=O) groups excluding carboxylic acids is 2. The third-order valence-electron chi connectivity index (χ3n) is 5.87. The van der Waals surface area contributed by atoms with Crippen LogP contribution in [0.15, 0.2) is 48.5 Å². The van der Waals surface area contributed by atoms with E-state index in [1.54, 1.807) is 31.4 Å². The fraction of sp³-hybridized carbons (Fsp3) is 0.360. The summed E-state index contributed by atoms with van der Waals surface area (Å²) in [6, 6.07) is 12.7. The Labute approximate surface area is 226 Å². The average Bonchev–Trinajstić information content (AvgIpc) is 2.79. The third-order valence-corrected chi connectivity index (χ3v) is 6.50. The van der Waals surface area contributed by atoms with Crippen molar-refractivity contribution in [2.45, 2.75) is 31.3 Å². The van der Waals surface area contributed by atoms with Crippen LogP contribution in [0.5, 0.6) is 0 Å². The van der Waals surface area contributed by atoms with Crippen molar-refractivity contribution in [2.75, 3.05) is 20.3 Å². The van der Waals surface area contributed by atoms with E-state index >= 15 is 0 Å². The van der Waals surface area contributed by atoms with Gasteiger partial charge in [0.05, 0.1) is 21.2 Å². The second kappa shape index (κ2) is 13.1. The van der Waals surface area contributed by atoms with Gasteiger partial charge in [-0.1, -0.05) is 65.7 Å². The van der Waals surface area contributed by atoms with Crippen molar-refractivity contribution in [3.05, 3.63) is 75.3 Å². The number of benzene rings is 2. The summed E-state index contributed by atoms with van der Waals surface area (Å²) < 4.78 is 11.3. The molecule has 1 heterocycles. The van der Waals surface area contributed by atoms with Gasteiger partial charge >= 0.3 is 29.6 Å². The molecule has 170 valence electrons. The van der Waals surface area contributed by atoms with Gasteiger partial charge < -0.3 is 19.4 Å². The number of ether oxygens (including phenoxy) is 2. The summed E-state index contributed by atoms with van der Waals surface area (Å²) in [6.07, 6.45) is 5.07. The number of carboxylic acids is 1. The van der Waals surface area contributed by atoms with Crippen molar-refractivity contribution in [3.63, 3.8) is 0 Å². The Balaban J connectivity index is 0.00000385. The first-order valence-corrected chi connectivity index (χ1v) is 11.2.